The van der Waals surface area contributed by atoms with E-state index in [1.54, 1.807) is 19.1 Å². The second-order valence-electron chi connectivity index (χ2n) is 9.45. The Morgan fingerprint density at radius 1 is 1.03 bits per heavy atom. The number of nitrogens with one attached hydrogen (secondary N) is 1. The zero-order chi connectivity index (χ0) is 25.8. The summed E-state index contributed by atoms with van der Waals surface area (Å²) in [6.07, 6.45) is 3.76. The summed E-state index contributed by atoms with van der Waals surface area (Å²) in [6.45, 7) is 5.37. The third-order valence-corrected chi connectivity index (χ3v) is 7.13. The van der Waals surface area contributed by atoms with Crippen LogP contribution in [0.5, 0.6) is 5.88 Å². The number of aromatic nitrogens is 1. The molecule has 190 valence electrons. The van der Waals surface area contributed by atoms with Gasteiger partial charge in [0.15, 0.2) is 5.88 Å². The molecule has 1 saturated heterocycles. The molecule has 0 bridgehead atoms. The number of H-pyrrole nitrogens is 1. The molecule has 1 aliphatic heterocycles. The summed E-state index contributed by atoms with van der Waals surface area (Å²) in [4.78, 5) is 24.7. The van der Waals surface area contributed by atoms with Crippen molar-refractivity contribution in [3.05, 3.63) is 88.9 Å². The maximum atomic E-state index is 12.4. The predicted molar refractivity (Wildman–Crippen MR) is 151 cm³/mol. The van der Waals surface area contributed by atoms with Crippen molar-refractivity contribution in [3.8, 4) is 5.88 Å². The number of benzene rings is 3. The first-order chi connectivity index (χ1) is 18.0. The lowest BCUT2D eigenvalue weighted by atomic mass is 10.0. The first-order valence-corrected chi connectivity index (χ1v) is 13.1. The van der Waals surface area contributed by atoms with Gasteiger partial charge in [-0.05, 0) is 62.3 Å². The number of aromatic hydroxyl groups is 1. The molecule has 1 fully saturated rings. The Balaban J connectivity index is 1.47. The first kappa shape index (κ1) is 25.1. The SMILES string of the molecule is CC(=O)N(CCN1CCCCC1)c1ccc(N=C(c2ccccc2)c2c(O)[nH]c3cc(Cl)ccc23)cc1. The Bertz CT molecular complexity index is 1410. The average molecular weight is 515 g/mol. The molecule has 0 unspecified atom stereocenters. The van der Waals surface area contributed by atoms with Crippen LogP contribution in [0.1, 0.15) is 37.3 Å². The fourth-order valence-corrected chi connectivity index (χ4v) is 5.16. The van der Waals surface area contributed by atoms with E-state index < -0.39 is 0 Å². The van der Waals surface area contributed by atoms with Crippen molar-refractivity contribution in [2.24, 2.45) is 4.99 Å². The van der Waals surface area contributed by atoms with Crippen LogP contribution in [-0.4, -0.2) is 52.8 Å². The second kappa shape index (κ2) is 11.2. The van der Waals surface area contributed by atoms with Crippen LogP contribution in [0.3, 0.4) is 0 Å². The molecule has 6 nitrogen and oxygen atoms in total. The summed E-state index contributed by atoms with van der Waals surface area (Å²) in [6, 6.07) is 23.0. The van der Waals surface area contributed by atoms with Crippen LogP contribution in [0.4, 0.5) is 11.4 Å². The van der Waals surface area contributed by atoms with E-state index in [1.165, 1.54) is 19.3 Å². The smallest absolute Gasteiger partial charge is 0.223 e. The Morgan fingerprint density at radius 2 is 1.76 bits per heavy atom. The zero-order valence-corrected chi connectivity index (χ0v) is 21.7. The summed E-state index contributed by atoms with van der Waals surface area (Å²) in [5.74, 6) is 0.0672. The molecule has 0 aliphatic carbocycles. The molecule has 1 aromatic heterocycles. The zero-order valence-electron chi connectivity index (χ0n) is 21.0. The normalized spacial score (nSPS) is 14.7. The van der Waals surface area contributed by atoms with Gasteiger partial charge in [-0.15, -0.1) is 0 Å². The van der Waals surface area contributed by atoms with Gasteiger partial charge in [-0.2, -0.15) is 0 Å². The number of carbonyl (C=O) groups excluding carboxylic acids is 1. The summed E-state index contributed by atoms with van der Waals surface area (Å²) in [5.41, 5.74) is 4.47. The van der Waals surface area contributed by atoms with Crippen LogP contribution in [0.2, 0.25) is 5.02 Å². The molecule has 1 amide bonds. The lowest BCUT2D eigenvalue weighted by molar-refractivity contribution is -0.116. The third kappa shape index (κ3) is 5.71. The molecule has 0 atom stereocenters. The quantitative estimate of drug-likeness (QED) is 0.275. The molecule has 1 aliphatic rings. The largest absolute Gasteiger partial charge is 0.494 e. The average Bonchev–Trinajstić information content (AvgIpc) is 3.23. The van der Waals surface area contributed by atoms with E-state index in [0.29, 0.717) is 22.8 Å². The molecule has 37 heavy (non-hydrogen) atoms. The van der Waals surface area contributed by atoms with E-state index in [9.17, 15) is 9.90 Å². The number of halogens is 1. The second-order valence-corrected chi connectivity index (χ2v) is 9.89. The van der Waals surface area contributed by atoms with Crippen molar-refractivity contribution in [2.45, 2.75) is 26.2 Å². The van der Waals surface area contributed by atoms with E-state index in [4.69, 9.17) is 16.6 Å². The van der Waals surface area contributed by atoms with Crippen LogP contribution < -0.4 is 4.90 Å². The minimum absolute atomic E-state index is 0.0283. The van der Waals surface area contributed by atoms with Gasteiger partial charge in [0.05, 0.1) is 22.5 Å². The Morgan fingerprint density at radius 3 is 2.46 bits per heavy atom. The summed E-state index contributed by atoms with van der Waals surface area (Å²) in [5, 5.41) is 12.3. The number of fused-ring (bicyclic) bond motifs is 1. The Kier molecular flexibility index (Phi) is 7.58. The van der Waals surface area contributed by atoms with Crippen LogP contribution in [-0.2, 0) is 4.79 Å². The molecule has 0 radical (unpaired) electrons. The van der Waals surface area contributed by atoms with Gasteiger partial charge in [0.25, 0.3) is 0 Å². The molecule has 2 heterocycles. The van der Waals surface area contributed by atoms with Crippen molar-refractivity contribution in [1.29, 1.82) is 0 Å². The molecular formula is C30H31ClN4O2. The number of carbonyl (C=O) groups is 1. The van der Waals surface area contributed by atoms with Crippen molar-refractivity contribution >= 4 is 45.5 Å². The van der Waals surface area contributed by atoms with Crippen LogP contribution in [0.25, 0.3) is 10.9 Å². The van der Waals surface area contributed by atoms with Crippen molar-refractivity contribution < 1.29 is 9.90 Å². The van der Waals surface area contributed by atoms with Gasteiger partial charge in [0.2, 0.25) is 5.91 Å². The minimum atomic E-state index is 0.0283. The number of hydrogen-bond donors (Lipinski definition) is 2. The molecule has 3 aromatic carbocycles. The molecule has 5 rings (SSSR count). The minimum Gasteiger partial charge on any atom is -0.494 e. The van der Waals surface area contributed by atoms with E-state index >= 15 is 0 Å². The lowest BCUT2D eigenvalue weighted by Gasteiger charge is -2.29. The van der Waals surface area contributed by atoms with Crippen molar-refractivity contribution in [3.63, 3.8) is 0 Å². The number of rotatable bonds is 7. The monoisotopic (exact) mass is 514 g/mol. The number of likely N-dealkylation sites (tertiary alicyclic amines) is 1. The lowest BCUT2D eigenvalue weighted by Crippen LogP contribution is -2.39. The topological polar surface area (TPSA) is 71.9 Å². The van der Waals surface area contributed by atoms with Gasteiger partial charge in [-0.1, -0.05) is 54.4 Å². The fraction of sp³-hybridized carbons (Fsp3) is 0.267. The highest BCUT2D eigenvalue weighted by atomic mass is 35.5. The van der Waals surface area contributed by atoms with E-state index in [0.717, 1.165) is 47.5 Å². The number of anilines is 1. The Labute approximate surface area is 222 Å². The van der Waals surface area contributed by atoms with E-state index in [1.807, 2.05) is 65.6 Å². The maximum Gasteiger partial charge on any atom is 0.223 e. The number of piperidine rings is 1. The summed E-state index contributed by atoms with van der Waals surface area (Å²) < 4.78 is 0. The Hall–Kier alpha value is -3.61. The van der Waals surface area contributed by atoms with Gasteiger partial charge >= 0.3 is 0 Å². The van der Waals surface area contributed by atoms with Gasteiger partial charge < -0.3 is 19.9 Å². The first-order valence-electron chi connectivity index (χ1n) is 12.7. The number of nitrogens with zero attached hydrogens (tertiary/aromatic N) is 3. The van der Waals surface area contributed by atoms with E-state index in [2.05, 4.69) is 9.88 Å². The van der Waals surface area contributed by atoms with E-state index in [-0.39, 0.29) is 11.8 Å². The third-order valence-electron chi connectivity index (χ3n) is 6.90. The number of aromatic amines is 1. The van der Waals surface area contributed by atoms with Gasteiger partial charge in [-0.25, -0.2) is 4.99 Å². The van der Waals surface area contributed by atoms with Gasteiger partial charge in [0.1, 0.15) is 0 Å². The molecule has 0 saturated carbocycles. The highest BCUT2D eigenvalue weighted by Crippen LogP contribution is 2.33. The van der Waals surface area contributed by atoms with Crippen LogP contribution in [0, 0.1) is 0 Å². The number of aliphatic imine (C=N–C) groups is 1. The maximum absolute atomic E-state index is 12.4. The molecular weight excluding hydrogens is 484 g/mol. The van der Waals surface area contributed by atoms with Crippen LogP contribution >= 0.6 is 11.6 Å². The predicted octanol–water partition coefficient (Wildman–Crippen LogP) is 6.53. The van der Waals surface area contributed by atoms with Gasteiger partial charge in [0, 0.05) is 41.7 Å². The highest BCUT2D eigenvalue weighted by molar-refractivity contribution is 6.31. The molecule has 4 aromatic rings. The van der Waals surface area contributed by atoms with Crippen molar-refractivity contribution in [2.75, 3.05) is 31.1 Å². The fourth-order valence-electron chi connectivity index (χ4n) is 4.99. The highest BCUT2D eigenvalue weighted by Gasteiger charge is 2.19. The summed E-state index contributed by atoms with van der Waals surface area (Å²) >= 11 is 6.17. The van der Waals surface area contributed by atoms with Gasteiger partial charge in [-0.3, -0.25) is 4.79 Å². The molecule has 0 spiro atoms. The summed E-state index contributed by atoms with van der Waals surface area (Å²) in [7, 11) is 0. The van der Waals surface area contributed by atoms with Crippen molar-refractivity contribution in [1.82, 2.24) is 9.88 Å². The number of hydrogen-bond acceptors (Lipinski definition) is 4. The number of amides is 1. The standard InChI is InChI=1S/C30H31ClN4O2/c1-21(36)35(19-18-34-16-6-3-7-17-34)25-13-11-24(12-14-25)32-29(22-8-4-2-5-9-22)28-26-15-10-23(31)20-27(26)33-30(28)37/h2,4-5,8-15,20,33,37H,3,6-7,16-19H2,1H3. The molecule has 2 N–H and O–H groups in total. The molecule has 7 heteroatoms. The van der Waals surface area contributed by atoms with Crippen LogP contribution in [0.15, 0.2) is 77.8 Å².